The minimum Gasteiger partial charge on any atom is -0.374 e. The van der Waals surface area contributed by atoms with Crippen LogP contribution in [-0.2, 0) is 14.6 Å². The van der Waals surface area contributed by atoms with Gasteiger partial charge in [0.1, 0.15) is 6.23 Å². The van der Waals surface area contributed by atoms with Crippen molar-refractivity contribution in [1.29, 1.82) is 0 Å². The van der Waals surface area contributed by atoms with Crippen molar-refractivity contribution in [2.45, 2.75) is 63.1 Å². The van der Waals surface area contributed by atoms with Gasteiger partial charge in [0, 0.05) is 19.7 Å². The molecule has 1 heterocycles. The molecule has 2 aliphatic rings. The molecular weight excluding hydrogens is 424 g/mol. The number of hydrogen-bond acceptors (Lipinski definition) is 5. The molecular formula is C25H32N2O4S. The van der Waals surface area contributed by atoms with Crippen LogP contribution in [-0.4, -0.2) is 44.5 Å². The van der Waals surface area contributed by atoms with Gasteiger partial charge < -0.3 is 14.9 Å². The Bertz CT molecular complexity index is 1090. The van der Waals surface area contributed by atoms with Crippen LogP contribution in [0, 0.1) is 5.92 Å². The topological polar surface area (TPSA) is 77.9 Å². The normalized spacial score (nSPS) is 20.3. The molecule has 1 N–H and O–H groups in total. The maximum atomic E-state index is 12.4. The lowest BCUT2D eigenvalue weighted by molar-refractivity contribution is -0.117. The van der Waals surface area contributed by atoms with Gasteiger partial charge in [-0.15, -0.1) is 0 Å². The maximum absolute atomic E-state index is 12.4. The number of hydrogen-bond donors (Lipinski definition) is 1. The number of carbonyl (C=O) groups excluding carboxylic acids is 1. The van der Waals surface area contributed by atoms with Gasteiger partial charge in [-0.1, -0.05) is 43.9 Å². The van der Waals surface area contributed by atoms with Gasteiger partial charge in [-0.2, -0.15) is 0 Å². The molecule has 0 aromatic heterocycles. The van der Waals surface area contributed by atoms with Crippen LogP contribution in [0.1, 0.15) is 46.0 Å². The van der Waals surface area contributed by atoms with Crippen molar-refractivity contribution in [2.24, 2.45) is 5.92 Å². The van der Waals surface area contributed by atoms with Crippen LogP contribution in [0.25, 0.3) is 11.1 Å². The number of anilines is 2. The third-order valence-electron chi connectivity index (χ3n) is 6.78. The molecule has 4 rings (SSSR count). The van der Waals surface area contributed by atoms with E-state index >= 15 is 0 Å². The van der Waals surface area contributed by atoms with Gasteiger partial charge >= 0.3 is 0 Å². The molecule has 1 amide bonds. The third kappa shape index (κ3) is 4.55. The van der Waals surface area contributed by atoms with E-state index in [-0.39, 0.29) is 16.8 Å². The Kier molecular flexibility index (Phi) is 6.32. The molecule has 1 aliphatic carbocycles. The Morgan fingerprint density at radius 2 is 1.69 bits per heavy atom. The fourth-order valence-corrected chi connectivity index (χ4v) is 5.80. The van der Waals surface area contributed by atoms with Crippen LogP contribution in [0.3, 0.4) is 0 Å². The van der Waals surface area contributed by atoms with Crippen molar-refractivity contribution in [3.05, 3.63) is 42.5 Å². The van der Waals surface area contributed by atoms with Crippen molar-refractivity contribution in [1.82, 2.24) is 0 Å². The Morgan fingerprint density at radius 1 is 1.06 bits per heavy atom. The quantitative estimate of drug-likeness (QED) is 0.729. The first-order valence-electron chi connectivity index (χ1n) is 11.3. The summed E-state index contributed by atoms with van der Waals surface area (Å²) >= 11 is 0. The highest BCUT2D eigenvalue weighted by atomic mass is 32.2. The van der Waals surface area contributed by atoms with Crippen LogP contribution in [0.15, 0.2) is 47.4 Å². The first-order chi connectivity index (χ1) is 15.1. The van der Waals surface area contributed by atoms with E-state index in [4.69, 9.17) is 0 Å². The molecule has 1 fully saturated rings. The Hall–Kier alpha value is -2.38. The molecule has 0 bridgehead atoms. The van der Waals surface area contributed by atoms with Crippen LogP contribution in [0.5, 0.6) is 0 Å². The van der Waals surface area contributed by atoms with E-state index in [1.54, 1.807) is 36.1 Å². The van der Waals surface area contributed by atoms with E-state index in [1.165, 1.54) is 31.9 Å². The smallest absolute Gasteiger partial charge is 0.224 e. The number of rotatable bonds is 5. The van der Waals surface area contributed by atoms with E-state index in [0.717, 1.165) is 28.9 Å². The summed E-state index contributed by atoms with van der Waals surface area (Å²) in [4.78, 5) is 16.5. The van der Waals surface area contributed by atoms with Crippen LogP contribution < -0.4 is 9.80 Å². The summed E-state index contributed by atoms with van der Waals surface area (Å²) in [7, 11) is -3.26. The number of nitrogens with zero attached hydrogens (tertiary/aromatic N) is 2. The predicted octanol–water partition coefficient (Wildman–Crippen LogP) is 4.22. The molecule has 32 heavy (non-hydrogen) atoms. The number of benzene rings is 2. The van der Waals surface area contributed by atoms with Gasteiger partial charge in [-0.3, -0.25) is 4.79 Å². The molecule has 172 valence electrons. The van der Waals surface area contributed by atoms with Crippen molar-refractivity contribution in [3.8, 4) is 11.1 Å². The zero-order valence-electron chi connectivity index (χ0n) is 19.0. The summed E-state index contributed by atoms with van der Waals surface area (Å²) in [5.74, 6) is 0.523. The zero-order valence-corrected chi connectivity index (χ0v) is 19.8. The zero-order chi connectivity index (χ0) is 23.0. The van der Waals surface area contributed by atoms with Crippen LogP contribution in [0.4, 0.5) is 11.4 Å². The summed E-state index contributed by atoms with van der Waals surface area (Å²) in [5, 5.41) is 11.2. The van der Waals surface area contributed by atoms with Gasteiger partial charge in [-0.25, -0.2) is 8.42 Å². The van der Waals surface area contributed by atoms with Gasteiger partial charge in [0.15, 0.2) is 9.84 Å². The van der Waals surface area contributed by atoms with Crippen molar-refractivity contribution < 1.29 is 18.3 Å². The molecule has 2 aromatic carbocycles. The SMILES string of the molecule is CC(=O)N1c2ccc(-c3ccc(S(C)(=O)=O)cc3)cc2N(C(O)CC2CCCC2)C[C@@H]1C. The Balaban J connectivity index is 1.72. The molecule has 0 saturated heterocycles. The number of fused-ring (bicyclic) bond motifs is 1. The fourth-order valence-electron chi connectivity index (χ4n) is 5.17. The van der Waals surface area contributed by atoms with Gasteiger partial charge in [0.05, 0.1) is 22.3 Å². The van der Waals surface area contributed by atoms with Crippen LogP contribution in [0.2, 0.25) is 0 Å². The summed E-state index contributed by atoms with van der Waals surface area (Å²) < 4.78 is 23.6. The molecule has 2 aromatic rings. The Morgan fingerprint density at radius 3 is 2.28 bits per heavy atom. The summed E-state index contributed by atoms with van der Waals surface area (Å²) in [6, 6.07) is 12.7. The second-order valence-electron chi connectivity index (χ2n) is 9.26. The standard InChI is InChI=1S/C25H32N2O4S/c1-17-16-26(25(29)14-19-6-4-5-7-19)24-15-21(10-13-23(24)27(17)18(2)28)20-8-11-22(12-9-20)32(3,30)31/h8-13,15,17,19,25,29H,4-7,14,16H2,1-3H3/t17-,25?/m0/s1. The average Bonchev–Trinajstić information content (AvgIpc) is 3.25. The minimum atomic E-state index is -3.26. The van der Waals surface area contributed by atoms with E-state index in [9.17, 15) is 18.3 Å². The second-order valence-corrected chi connectivity index (χ2v) is 11.3. The lowest BCUT2D eigenvalue weighted by atomic mass is 9.98. The number of aliphatic hydroxyl groups is 1. The first kappa shape index (κ1) is 22.8. The molecule has 2 atom stereocenters. The lowest BCUT2D eigenvalue weighted by Crippen LogP contribution is -2.53. The summed E-state index contributed by atoms with van der Waals surface area (Å²) in [6.07, 6.45) is 6.13. The van der Waals surface area contributed by atoms with Gasteiger partial charge in [-0.05, 0) is 54.7 Å². The van der Waals surface area contributed by atoms with Crippen LogP contribution >= 0.6 is 0 Å². The highest BCUT2D eigenvalue weighted by Crippen LogP contribution is 2.41. The maximum Gasteiger partial charge on any atom is 0.224 e. The number of carbonyl (C=O) groups is 1. The molecule has 0 spiro atoms. The largest absolute Gasteiger partial charge is 0.374 e. The van der Waals surface area contributed by atoms with E-state index in [0.29, 0.717) is 12.5 Å². The predicted molar refractivity (Wildman–Crippen MR) is 128 cm³/mol. The molecule has 6 nitrogen and oxygen atoms in total. The number of amides is 1. The average molecular weight is 457 g/mol. The lowest BCUT2D eigenvalue weighted by Gasteiger charge is -2.44. The van der Waals surface area contributed by atoms with E-state index < -0.39 is 16.1 Å². The van der Waals surface area contributed by atoms with Crippen molar-refractivity contribution in [2.75, 3.05) is 22.6 Å². The van der Waals surface area contributed by atoms with Crippen molar-refractivity contribution in [3.63, 3.8) is 0 Å². The third-order valence-corrected chi connectivity index (χ3v) is 7.91. The fraction of sp³-hybridized carbons (Fsp3) is 0.480. The Labute approximate surface area is 190 Å². The number of sulfone groups is 1. The monoisotopic (exact) mass is 456 g/mol. The van der Waals surface area contributed by atoms with Gasteiger partial charge in [0.25, 0.3) is 0 Å². The highest BCUT2D eigenvalue weighted by Gasteiger charge is 2.34. The molecule has 1 aliphatic heterocycles. The molecule has 1 saturated carbocycles. The molecule has 0 radical (unpaired) electrons. The summed E-state index contributed by atoms with van der Waals surface area (Å²) in [6.45, 7) is 4.15. The molecule has 1 unspecified atom stereocenters. The second kappa shape index (κ2) is 8.87. The van der Waals surface area contributed by atoms with Gasteiger partial charge in [0.2, 0.25) is 5.91 Å². The minimum absolute atomic E-state index is 0.0195. The molecule has 7 heteroatoms. The first-order valence-corrected chi connectivity index (χ1v) is 13.2. The highest BCUT2D eigenvalue weighted by molar-refractivity contribution is 7.90. The summed E-state index contributed by atoms with van der Waals surface area (Å²) in [5.41, 5.74) is 3.45. The van der Waals surface area contributed by atoms with E-state index in [1.807, 2.05) is 30.0 Å². The van der Waals surface area contributed by atoms with E-state index in [2.05, 4.69) is 0 Å². The van der Waals surface area contributed by atoms with Crippen molar-refractivity contribution >= 4 is 27.1 Å². The number of aliphatic hydroxyl groups excluding tert-OH is 1.